The molecule has 0 atom stereocenters. The largest absolute Gasteiger partial charge is 0.494 e. The maximum atomic E-state index is 14.4. The van der Waals surface area contributed by atoms with E-state index in [2.05, 4.69) is 30.7 Å². The number of halogens is 2. The molecule has 1 aliphatic carbocycles. The number of nitrogens with one attached hydrogen (secondary N) is 3. The summed E-state index contributed by atoms with van der Waals surface area (Å²) in [7, 11) is 1.46. The van der Waals surface area contributed by atoms with Gasteiger partial charge in [0, 0.05) is 23.4 Å². The average Bonchev–Trinajstić information content (AvgIpc) is 3.71. The minimum Gasteiger partial charge on any atom is -0.494 e. The Bertz CT molecular complexity index is 1860. The lowest BCUT2D eigenvalue weighted by atomic mass is 10.1. The molecule has 0 spiro atoms. The number of benzene rings is 1. The Kier molecular flexibility index (Phi) is 8.51. The van der Waals surface area contributed by atoms with Crippen LogP contribution in [0.2, 0.25) is 5.15 Å². The number of hydrogen-bond donors (Lipinski definition) is 3. The Morgan fingerprint density at radius 3 is 2.65 bits per heavy atom. The number of nitrogens with zero attached hydrogens (tertiary/aromatic N) is 5. The summed E-state index contributed by atoms with van der Waals surface area (Å²) in [6.45, 7) is 2.23. The molecule has 0 saturated heterocycles. The van der Waals surface area contributed by atoms with Gasteiger partial charge in [-0.15, -0.1) is 0 Å². The third-order valence-electron chi connectivity index (χ3n) is 6.51. The number of pyridine rings is 2. The second-order valence-corrected chi connectivity index (χ2v) is 11.8. The van der Waals surface area contributed by atoms with Crippen molar-refractivity contribution in [2.75, 3.05) is 24.7 Å². The zero-order valence-electron chi connectivity index (χ0n) is 28.5. The summed E-state index contributed by atoms with van der Waals surface area (Å²) in [4.78, 5) is 37.7. The van der Waals surface area contributed by atoms with E-state index in [9.17, 15) is 14.0 Å². The molecule has 5 rings (SSSR count). The average molecular weight is 656 g/mol. The van der Waals surface area contributed by atoms with Crippen molar-refractivity contribution < 1.29 is 32.3 Å². The molecule has 1 fully saturated rings. The van der Waals surface area contributed by atoms with Gasteiger partial charge in [-0.25, -0.2) is 28.8 Å². The molecular formula is C31H34ClFN8O5. The van der Waals surface area contributed by atoms with Gasteiger partial charge >= 0.3 is 6.09 Å². The molecule has 13 nitrogen and oxygen atoms in total. The fourth-order valence-corrected chi connectivity index (χ4v) is 4.62. The summed E-state index contributed by atoms with van der Waals surface area (Å²) < 4.78 is 55.5. The van der Waals surface area contributed by atoms with Gasteiger partial charge in [-0.05, 0) is 63.4 Å². The zero-order valence-corrected chi connectivity index (χ0v) is 26.2. The highest BCUT2D eigenvalue weighted by molar-refractivity contribution is 6.29. The van der Waals surface area contributed by atoms with E-state index in [0.717, 1.165) is 25.1 Å². The first kappa shape index (κ1) is 28.6. The smallest absolute Gasteiger partial charge is 0.413 e. The summed E-state index contributed by atoms with van der Waals surface area (Å²) in [5.41, 5.74) is 0.947. The molecule has 0 bridgehead atoms. The molecule has 1 aliphatic rings. The van der Waals surface area contributed by atoms with Crippen LogP contribution in [0.15, 0.2) is 42.9 Å². The molecule has 15 heteroatoms. The summed E-state index contributed by atoms with van der Waals surface area (Å²) in [5.74, 6) is -0.899. The first-order valence-corrected chi connectivity index (χ1v) is 14.6. The van der Waals surface area contributed by atoms with Crippen molar-refractivity contribution in [3.8, 4) is 17.1 Å². The Labute approximate surface area is 274 Å². The fraction of sp³-hybridized carbons (Fsp3) is 0.355. The van der Waals surface area contributed by atoms with E-state index in [4.69, 9.17) is 29.9 Å². The molecule has 46 heavy (non-hydrogen) atoms. The highest BCUT2D eigenvalue weighted by Gasteiger charge is 2.26. The molecule has 1 aromatic carbocycles. The van der Waals surface area contributed by atoms with Crippen LogP contribution in [-0.2, 0) is 22.7 Å². The van der Waals surface area contributed by atoms with Crippen molar-refractivity contribution in [1.29, 1.82) is 0 Å². The quantitative estimate of drug-likeness (QED) is 0.163. The number of methoxy groups -OCH3 is 1. The van der Waals surface area contributed by atoms with E-state index in [-0.39, 0.29) is 47.2 Å². The fourth-order valence-electron chi connectivity index (χ4n) is 4.46. The van der Waals surface area contributed by atoms with Gasteiger partial charge in [-0.2, -0.15) is 5.10 Å². The number of hydrogen-bond acceptors (Lipinski definition) is 10. The first-order chi connectivity index (χ1) is 23.1. The lowest BCUT2D eigenvalue weighted by Gasteiger charge is -2.19. The third kappa shape index (κ3) is 8.25. The number of carbonyl (C=O) groups excluding carboxylic acids is 2. The summed E-state index contributed by atoms with van der Waals surface area (Å²) in [6.07, 6.45) is 4.00. The van der Waals surface area contributed by atoms with Gasteiger partial charge in [-0.1, -0.05) is 11.6 Å². The molecule has 0 radical (unpaired) electrons. The van der Waals surface area contributed by atoms with Gasteiger partial charge in [0.2, 0.25) is 0 Å². The summed E-state index contributed by atoms with van der Waals surface area (Å²) in [6, 6.07) is 7.34. The van der Waals surface area contributed by atoms with Crippen LogP contribution in [0.1, 0.15) is 65.4 Å². The minimum absolute atomic E-state index is 0.00841. The normalized spacial score (nSPS) is 14.1. The molecule has 3 N–H and O–H groups in total. The van der Waals surface area contributed by atoms with Crippen LogP contribution in [0.3, 0.4) is 0 Å². The van der Waals surface area contributed by atoms with Gasteiger partial charge in [0.25, 0.3) is 5.91 Å². The lowest BCUT2D eigenvalue weighted by molar-refractivity contribution is 0.0634. The van der Waals surface area contributed by atoms with E-state index in [1.54, 1.807) is 43.9 Å². The zero-order chi connectivity index (χ0) is 35.5. The molecule has 3 heterocycles. The lowest BCUT2D eigenvalue weighted by Crippen LogP contribution is -2.27. The number of aromatic nitrogens is 5. The molecule has 0 aliphatic heterocycles. The van der Waals surface area contributed by atoms with Crippen LogP contribution < -0.4 is 20.7 Å². The summed E-state index contributed by atoms with van der Waals surface area (Å²) >= 11 is 6.17. The Balaban J connectivity index is 1.44. The van der Waals surface area contributed by atoms with Gasteiger partial charge in [0.1, 0.15) is 28.7 Å². The molecule has 0 unspecified atom stereocenters. The minimum atomic E-state index is -2.74. The van der Waals surface area contributed by atoms with Crippen LogP contribution in [0.25, 0.3) is 11.4 Å². The second kappa shape index (κ2) is 13.7. The van der Waals surface area contributed by atoms with Crippen LogP contribution in [0.5, 0.6) is 5.75 Å². The van der Waals surface area contributed by atoms with Crippen molar-refractivity contribution in [3.63, 3.8) is 0 Å². The van der Waals surface area contributed by atoms with E-state index < -0.39 is 30.4 Å². The molecule has 2 amide bonds. The SMILES string of the molecule is [2H]C([2H])([2H])NC(=O)c1cnc(Cl)cc1Nc1cc(COCc2cc(F)cc(NC(=O)OC(C)(C)C)n2)cc(-c2ncn(C3CC3)n2)c1OC. The van der Waals surface area contributed by atoms with E-state index in [1.165, 1.54) is 19.2 Å². The second-order valence-electron chi connectivity index (χ2n) is 11.4. The van der Waals surface area contributed by atoms with E-state index in [0.29, 0.717) is 28.4 Å². The van der Waals surface area contributed by atoms with Crippen LogP contribution >= 0.6 is 11.6 Å². The third-order valence-corrected chi connectivity index (χ3v) is 6.72. The van der Waals surface area contributed by atoms with Crippen molar-refractivity contribution in [3.05, 3.63) is 70.6 Å². The highest BCUT2D eigenvalue weighted by atomic mass is 35.5. The van der Waals surface area contributed by atoms with Crippen molar-refractivity contribution in [1.82, 2.24) is 30.0 Å². The maximum absolute atomic E-state index is 14.4. The number of rotatable bonds is 11. The van der Waals surface area contributed by atoms with E-state index >= 15 is 0 Å². The van der Waals surface area contributed by atoms with Gasteiger partial charge in [0.15, 0.2) is 11.6 Å². The van der Waals surface area contributed by atoms with Gasteiger partial charge in [-0.3, -0.25) is 10.1 Å². The van der Waals surface area contributed by atoms with Crippen molar-refractivity contribution >= 4 is 40.8 Å². The maximum Gasteiger partial charge on any atom is 0.413 e. The first-order valence-electron chi connectivity index (χ1n) is 15.7. The van der Waals surface area contributed by atoms with Gasteiger partial charge < -0.3 is 24.8 Å². The molecule has 4 aromatic rings. The Hall–Kier alpha value is -4.82. The number of amides is 2. The van der Waals surface area contributed by atoms with Crippen LogP contribution in [0, 0.1) is 5.82 Å². The predicted molar refractivity (Wildman–Crippen MR) is 169 cm³/mol. The number of anilines is 3. The number of carbonyl (C=O) groups is 2. The van der Waals surface area contributed by atoms with Crippen molar-refractivity contribution in [2.24, 2.45) is 0 Å². The van der Waals surface area contributed by atoms with Crippen LogP contribution in [-0.4, -0.2) is 56.4 Å². The monoisotopic (exact) mass is 655 g/mol. The Morgan fingerprint density at radius 2 is 1.93 bits per heavy atom. The molecule has 242 valence electrons. The summed E-state index contributed by atoms with van der Waals surface area (Å²) in [5, 5.41) is 12.2. The standard InChI is InChI=1S/C31H34ClFN8O5/c1-31(2,3)46-30(43)39-26-11-18(33)10-19(37-26)15-45-14-17-8-21(28-36-16-41(40-28)20-6-7-20)27(44-5)24(9-17)38-23-12-25(32)35-13-22(23)29(42)34-4/h8-13,16,20H,6-7,14-15H2,1-5H3,(H,34,42)(H,35,38)(H,37,39,43)/i4D3. The molecule has 3 aromatic heterocycles. The molecular weight excluding hydrogens is 619 g/mol. The van der Waals surface area contributed by atoms with Crippen molar-refractivity contribution in [2.45, 2.75) is 58.5 Å². The van der Waals surface area contributed by atoms with E-state index in [1.807, 2.05) is 5.32 Å². The van der Waals surface area contributed by atoms with Crippen LogP contribution in [0.4, 0.5) is 26.4 Å². The number of ether oxygens (including phenoxy) is 3. The Morgan fingerprint density at radius 1 is 1.13 bits per heavy atom. The van der Waals surface area contributed by atoms with Gasteiger partial charge in [0.05, 0.1) is 54.6 Å². The molecule has 1 saturated carbocycles. The topological polar surface area (TPSA) is 154 Å². The predicted octanol–water partition coefficient (Wildman–Crippen LogP) is 6.04. The highest BCUT2D eigenvalue weighted by Crippen LogP contribution is 2.40.